The van der Waals surface area contributed by atoms with Crippen molar-refractivity contribution >= 4 is 0 Å². The van der Waals surface area contributed by atoms with Gasteiger partial charge in [0.1, 0.15) is 0 Å². The molecular weight excluding hydrogens is 122 g/mol. The van der Waals surface area contributed by atoms with Crippen LogP contribution in [0.5, 0.6) is 0 Å². The first-order chi connectivity index (χ1) is 4.86. The van der Waals surface area contributed by atoms with E-state index in [1.54, 1.807) is 0 Å². The van der Waals surface area contributed by atoms with Crippen LogP contribution in [0.4, 0.5) is 0 Å². The van der Waals surface area contributed by atoms with Crippen molar-refractivity contribution in [2.45, 2.75) is 19.8 Å². The maximum Gasteiger partial charge on any atom is -0.00110 e. The predicted octanol–water partition coefficient (Wildman–Crippen LogP) is 1.86. The Labute approximate surface area is 62.6 Å². The smallest absolute Gasteiger partial charge is 0.00110 e. The maximum atomic E-state index is 5.54. The first-order valence-electron chi connectivity index (χ1n) is 3.93. The fourth-order valence-corrected chi connectivity index (χ4v) is 1.25. The van der Waals surface area contributed by atoms with Crippen LogP contribution in [0.15, 0.2) is 23.8 Å². The highest BCUT2D eigenvalue weighted by Gasteiger charge is 2.06. The molecule has 0 aliphatic heterocycles. The minimum atomic E-state index is 0.597. The largest absolute Gasteiger partial charge is 0.330 e. The molecule has 56 valence electrons. The molecule has 1 heteroatoms. The first kappa shape index (κ1) is 7.55. The van der Waals surface area contributed by atoms with Crippen molar-refractivity contribution in [3.05, 3.63) is 23.8 Å². The highest BCUT2D eigenvalue weighted by molar-refractivity contribution is 5.19. The van der Waals surface area contributed by atoms with E-state index in [2.05, 4.69) is 25.2 Å². The summed E-state index contributed by atoms with van der Waals surface area (Å²) in [5.74, 6) is 0.597. The van der Waals surface area contributed by atoms with Gasteiger partial charge in [-0.3, -0.25) is 0 Å². The average molecular weight is 137 g/mol. The van der Waals surface area contributed by atoms with E-state index < -0.39 is 0 Å². The highest BCUT2D eigenvalue weighted by Crippen LogP contribution is 2.19. The average Bonchev–Trinajstić information content (AvgIpc) is 2.05. The van der Waals surface area contributed by atoms with Crippen molar-refractivity contribution in [3.8, 4) is 0 Å². The maximum absolute atomic E-state index is 5.54. The van der Waals surface area contributed by atoms with Gasteiger partial charge in [0.05, 0.1) is 0 Å². The normalized spacial score (nSPS) is 24.6. The second-order valence-electron chi connectivity index (χ2n) is 2.76. The number of allylic oxidation sites excluding steroid dienone is 3. The molecule has 0 bridgehead atoms. The Bertz CT molecular complexity index is 156. The van der Waals surface area contributed by atoms with Crippen LogP contribution in [0, 0.1) is 5.92 Å². The molecule has 0 aromatic carbocycles. The summed E-state index contributed by atoms with van der Waals surface area (Å²) in [4.78, 5) is 0. The molecule has 1 atom stereocenters. The van der Waals surface area contributed by atoms with Crippen molar-refractivity contribution in [1.29, 1.82) is 0 Å². The van der Waals surface area contributed by atoms with E-state index in [-0.39, 0.29) is 0 Å². The molecule has 0 aromatic heterocycles. The van der Waals surface area contributed by atoms with E-state index in [4.69, 9.17) is 5.73 Å². The predicted molar refractivity (Wildman–Crippen MR) is 44.7 cm³/mol. The molecule has 1 rings (SSSR count). The molecule has 0 radical (unpaired) electrons. The molecule has 10 heavy (non-hydrogen) atoms. The quantitative estimate of drug-likeness (QED) is 0.617. The number of rotatable bonds is 2. The van der Waals surface area contributed by atoms with Crippen molar-refractivity contribution in [3.63, 3.8) is 0 Å². The van der Waals surface area contributed by atoms with Gasteiger partial charge >= 0.3 is 0 Å². The SMILES string of the molecule is CCC1=CC=CC(CN)C1. The monoisotopic (exact) mass is 137 g/mol. The molecule has 1 aliphatic carbocycles. The zero-order valence-electron chi connectivity index (χ0n) is 6.51. The molecule has 0 aromatic rings. The lowest BCUT2D eigenvalue weighted by molar-refractivity contribution is 0.635. The Morgan fingerprint density at radius 3 is 3.10 bits per heavy atom. The van der Waals surface area contributed by atoms with E-state index in [1.807, 2.05) is 0 Å². The van der Waals surface area contributed by atoms with Crippen molar-refractivity contribution < 1.29 is 0 Å². The van der Waals surface area contributed by atoms with Crippen LogP contribution in [0.3, 0.4) is 0 Å². The van der Waals surface area contributed by atoms with Gasteiger partial charge in [0.25, 0.3) is 0 Å². The molecule has 0 spiro atoms. The Kier molecular flexibility index (Phi) is 2.69. The molecular formula is C9H15N. The molecule has 1 nitrogen and oxygen atoms in total. The van der Waals surface area contributed by atoms with E-state index in [1.165, 1.54) is 18.4 Å². The molecule has 0 fully saturated rings. The molecule has 0 saturated carbocycles. The summed E-state index contributed by atoms with van der Waals surface area (Å²) < 4.78 is 0. The summed E-state index contributed by atoms with van der Waals surface area (Å²) in [6, 6.07) is 0. The van der Waals surface area contributed by atoms with E-state index >= 15 is 0 Å². The Morgan fingerprint density at radius 2 is 2.50 bits per heavy atom. The van der Waals surface area contributed by atoms with E-state index in [0.717, 1.165) is 6.54 Å². The first-order valence-corrected chi connectivity index (χ1v) is 3.93. The standard InChI is InChI=1S/C9H15N/c1-2-8-4-3-5-9(6-8)7-10/h3-5,9H,2,6-7,10H2,1H3. The minimum absolute atomic E-state index is 0.597. The van der Waals surface area contributed by atoms with Crippen LogP contribution >= 0.6 is 0 Å². The Balaban J connectivity index is 2.50. The van der Waals surface area contributed by atoms with Gasteiger partial charge in [-0.25, -0.2) is 0 Å². The molecule has 1 aliphatic rings. The van der Waals surface area contributed by atoms with Crippen LogP contribution in [-0.4, -0.2) is 6.54 Å². The number of hydrogen-bond acceptors (Lipinski definition) is 1. The van der Waals surface area contributed by atoms with Gasteiger partial charge in [0, 0.05) is 0 Å². The third kappa shape index (κ3) is 1.71. The summed E-state index contributed by atoms with van der Waals surface area (Å²) in [5, 5.41) is 0. The van der Waals surface area contributed by atoms with E-state index in [0.29, 0.717) is 5.92 Å². The van der Waals surface area contributed by atoms with Crippen LogP contribution < -0.4 is 5.73 Å². The second-order valence-corrected chi connectivity index (χ2v) is 2.76. The Hall–Kier alpha value is -0.560. The lowest BCUT2D eigenvalue weighted by atomic mass is 9.93. The van der Waals surface area contributed by atoms with Crippen LogP contribution in [0.2, 0.25) is 0 Å². The van der Waals surface area contributed by atoms with Gasteiger partial charge in [0.15, 0.2) is 0 Å². The zero-order chi connectivity index (χ0) is 7.40. The molecule has 0 heterocycles. The fourth-order valence-electron chi connectivity index (χ4n) is 1.25. The zero-order valence-corrected chi connectivity index (χ0v) is 6.51. The van der Waals surface area contributed by atoms with Crippen molar-refractivity contribution in [1.82, 2.24) is 0 Å². The van der Waals surface area contributed by atoms with Gasteiger partial charge in [-0.05, 0) is 25.3 Å². The summed E-state index contributed by atoms with van der Waals surface area (Å²) >= 11 is 0. The minimum Gasteiger partial charge on any atom is -0.330 e. The summed E-state index contributed by atoms with van der Waals surface area (Å²) in [5.41, 5.74) is 7.07. The van der Waals surface area contributed by atoms with Crippen molar-refractivity contribution in [2.24, 2.45) is 11.7 Å². The topological polar surface area (TPSA) is 26.0 Å². The van der Waals surface area contributed by atoms with Crippen molar-refractivity contribution in [2.75, 3.05) is 6.54 Å². The third-order valence-corrected chi connectivity index (χ3v) is 2.00. The Morgan fingerprint density at radius 1 is 1.70 bits per heavy atom. The third-order valence-electron chi connectivity index (χ3n) is 2.00. The number of nitrogens with two attached hydrogens (primary N) is 1. The van der Waals surface area contributed by atoms with Crippen LogP contribution in [0.25, 0.3) is 0 Å². The number of hydrogen-bond donors (Lipinski definition) is 1. The molecule has 0 saturated heterocycles. The molecule has 0 amide bonds. The van der Waals surface area contributed by atoms with Gasteiger partial charge < -0.3 is 5.73 Å². The van der Waals surface area contributed by atoms with Gasteiger partial charge in [-0.2, -0.15) is 0 Å². The molecule has 1 unspecified atom stereocenters. The van der Waals surface area contributed by atoms with Crippen LogP contribution in [0.1, 0.15) is 19.8 Å². The van der Waals surface area contributed by atoms with Crippen LogP contribution in [-0.2, 0) is 0 Å². The summed E-state index contributed by atoms with van der Waals surface area (Å²) in [6.07, 6.45) is 8.86. The fraction of sp³-hybridized carbons (Fsp3) is 0.556. The lowest BCUT2D eigenvalue weighted by Gasteiger charge is -2.14. The van der Waals surface area contributed by atoms with Gasteiger partial charge in [-0.1, -0.05) is 30.7 Å². The highest BCUT2D eigenvalue weighted by atomic mass is 14.5. The molecule has 2 N–H and O–H groups in total. The van der Waals surface area contributed by atoms with E-state index in [9.17, 15) is 0 Å². The van der Waals surface area contributed by atoms with Gasteiger partial charge in [-0.15, -0.1) is 0 Å². The lowest BCUT2D eigenvalue weighted by Crippen LogP contribution is -2.14. The summed E-state index contributed by atoms with van der Waals surface area (Å²) in [7, 11) is 0. The van der Waals surface area contributed by atoms with Gasteiger partial charge in [0.2, 0.25) is 0 Å². The summed E-state index contributed by atoms with van der Waals surface area (Å²) in [6.45, 7) is 2.98. The second kappa shape index (κ2) is 3.57.